The van der Waals surface area contributed by atoms with Crippen LogP contribution in [0, 0.1) is 0 Å². The van der Waals surface area contributed by atoms with Gasteiger partial charge in [0.1, 0.15) is 6.10 Å². The van der Waals surface area contributed by atoms with Crippen molar-refractivity contribution in [3.63, 3.8) is 0 Å². The minimum Gasteiger partial charge on any atom is -0.383 e. The van der Waals surface area contributed by atoms with E-state index in [9.17, 15) is 5.11 Å². The quantitative estimate of drug-likeness (QED) is 0.721. The number of halogens is 1. The van der Waals surface area contributed by atoms with Crippen molar-refractivity contribution in [2.24, 2.45) is 0 Å². The summed E-state index contributed by atoms with van der Waals surface area (Å²) in [5.41, 5.74) is 0.955. The normalized spacial score (nSPS) is 13.1. The molecule has 0 bridgehead atoms. The molecule has 0 aliphatic rings. The molecular weight excluding hydrogens is 272 g/mol. The average molecular weight is 281 g/mol. The fourth-order valence-electron chi connectivity index (χ4n) is 1.86. The lowest BCUT2D eigenvalue weighted by Gasteiger charge is -2.09. The maximum Gasteiger partial charge on any atom is 0.115 e. The van der Waals surface area contributed by atoms with Gasteiger partial charge in [-0.25, -0.2) is 0 Å². The highest BCUT2D eigenvalue weighted by Crippen LogP contribution is 2.35. The number of thiophene rings is 2. The summed E-state index contributed by atoms with van der Waals surface area (Å²) in [7, 11) is 0. The van der Waals surface area contributed by atoms with Gasteiger partial charge in [0.25, 0.3) is 0 Å². The number of aliphatic hydroxyl groups is 1. The zero-order chi connectivity index (χ0) is 11.8. The first-order valence-corrected chi connectivity index (χ1v) is 7.27. The molecule has 0 amide bonds. The molecule has 17 heavy (non-hydrogen) atoms. The maximum atomic E-state index is 10.4. The Hall–Kier alpha value is -0.870. The van der Waals surface area contributed by atoms with Gasteiger partial charge in [-0.05, 0) is 22.9 Å². The van der Waals surface area contributed by atoms with Crippen LogP contribution in [0.3, 0.4) is 0 Å². The Balaban J connectivity index is 2.12. The van der Waals surface area contributed by atoms with Crippen molar-refractivity contribution >= 4 is 44.4 Å². The van der Waals surface area contributed by atoms with Gasteiger partial charge in [0.15, 0.2) is 0 Å². The summed E-state index contributed by atoms with van der Waals surface area (Å²) < 4.78 is 1.14. The SMILES string of the molecule is OC(c1cc(Cl)cs1)c1cccc2ccsc12. The molecule has 2 heterocycles. The molecule has 0 aliphatic carbocycles. The second-order valence-electron chi connectivity index (χ2n) is 3.76. The molecule has 0 radical (unpaired) electrons. The van der Waals surface area contributed by atoms with E-state index < -0.39 is 6.10 Å². The molecule has 1 N–H and O–H groups in total. The van der Waals surface area contributed by atoms with Gasteiger partial charge in [-0.2, -0.15) is 0 Å². The number of fused-ring (bicyclic) bond motifs is 1. The monoisotopic (exact) mass is 280 g/mol. The van der Waals surface area contributed by atoms with Gasteiger partial charge in [-0.3, -0.25) is 0 Å². The Morgan fingerprint density at radius 3 is 2.82 bits per heavy atom. The molecule has 0 saturated carbocycles. The lowest BCUT2D eigenvalue weighted by Crippen LogP contribution is -1.96. The van der Waals surface area contributed by atoms with Crippen molar-refractivity contribution in [3.8, 4) is 0 Å². The molecule has 0 aliphatic heterocycles. The van der Waals surface area contributed by atoms with E-state index in [-0.39, 0.29) is 0 Å². The second-order valence-corrected chi connectivity index (χ2v) is 6.05. The standard InChI is InChI=1S/C13H9ClOS2/c14-9-6-11(17-7-9)12(15)10-3-1-2-8-4-5-16-13(8)10/h1-7,12,15H. The molecule has 2 aromatic heterocycles. The summed E-state index contributed by atoms with van der Waals surface area (Å²) in [5, 5.41) is 16.1. The van der Waals surface area contributed by atoms with Gasteiger partial charge in [0.05, 0.1) is 5.02 Å². The van der Waals surface area contributed by atoms with Gasteiger partial charge < -0.3 is 5.11 Å². The van der Waals surface area contributed by atoms with Gasteiger partial charge in [0.2, 0.25) is 0 Å². The Labute approximate surface area is 112 Å². The largest absolute Gasteiger partial charge is 0.383 e. The van der Waals surface area contributed by atoms with Gasteiger partial charge >= 0.3 is 0 Å². The van der Waals surface area contributed by atoms with Crippen LogP contribution in [0.5, 0.6) is 0 Å². The lowest BCUT2D eigenvalue weighted by atomic mass is 10.1. The summed E-state index contributed by atoms with van der Waals surface area (Å²) in [4.78, 5) is 0.885. The van der Waals surface area contributed by atoms with Crippen LogP contribution >= 0.6 is 34.3 Å². The molecule has 1 aromatic carbocycles. The van der Waals surface area contributed by atoms with E-state index in [1.165, 1.54) is 16.7 Å². The van der Waals surface area contributed by atoms with Crippen LogP contribution in [-0.2, 0) is 0 Å². The number of hydrogen-bond acceptors (Lipinski definition) is 3. The first-order chi connectivity index (χ1) is 8.25. The predicted octanol–water partition coefficient (Wildman–Crippen LogP) is 4.70. The fraction of sp³-hybridized carbons (Fsp3) is 0.0769. The number of benzene rings is 1. The molecule has 86 valence electrons. The number of rotatable bonds is 2. The van der Waals surface area contributed by atoms with E-state index in [1.54, 1.807) is 11.3 Å². The first-order valence-electron chi connectivity index (χ1n) is 5.14. The third-order valence-corrected chi connectivity index (χ3v) is 4.97. The van der Waals surface area contributed by atoms with Gasteiger partial charge in [-0.1, -0.05) is 29.8 Å². The van der Waals surface area contributed by atoms with E-state index >= 15 is 0 Å². The van der Waals surface area contributed by atoms with E-state index in [2.05, 4.69) is 12.1 Å². The Kier molecular flexibility index (Phi) is 2.92. The van der Waals surface area contributed by atoms with Crippen molar-refractivity contribution in [1.29, 1.82) is 0 Å². The fourth-order valence-corrected chi connectivity index (χ4v) is 3.88. The molecule has 3 aromatic rings. The molecule has 1 nitrogen and oxygen atoms in total. The van der Waals surface area contributed by atoms with Crippen molar-refractivity contribution in [2.75, 3.05) is 0 Å². The first kappa shape index (κ1) is 11.2. The Morgan fingerprint density at radius 2 is 2.06 bits per heavy atom. The highest BCUT2D eigenvalue weighted by molar-refractivity contribution is 7.17. The molecule has 4 heteroatoms. The van der Waals surface area contributed by atoms with Crippen molar-refractivity contribution in [1.82, 2.24) is 0 Å². The molecule has 1 atom stereocenters. The van der Waals surface area contributed by atoms with Crippen molar-refractivity contribution in [3.05, 3.63) is 56.6 Å². The minimum atomic E-state index is -0.588. The third-order valence-electron chi connectivity index (χ3n) is 2.66. The molecule has 3 rings (SSSR count). The highest BCUT2D eigenvalue weighted by atomic mass is 35.5. The van der Waals surface area contributed by atoms with Gasteiger partial charge in [-0.15, -0.1) is 22.7 Å². The van der Waals surface area contributed by atoms with E-state index in [1.807, 2.05) is 29.0 Å². The van der Waals surface area contributed by atoms with Crippen LogP contribution in [-0.4, -0.2) is 5.11 Å². The number of aliphatic hydroxyl groups excluding tert-OH is 1. The van der Waals surface area contributed by atoms with E-state index in [0.29, 0.717) is 5.02 Å². The Bertz CT molecular complexity index is 656. The summed E-state index contributed by atoms with van der Waals surface area (Å²) in [6.07, 6.45) is -0.588. The molecule has 0 fully saturated rings. The summed E-state index contributed by atoms with van der Waals surface area (Å²) in [6, 6.07) is 9.89. The lowest BCUT2D eigenvalue weighted by molar-refractivity contribution is 0.226. The van der Waals surface area contributed by atoms with E-state index in [4.69, 9.17) is 11.6 Å². The van der Waals surface area contributed by atoms with Crippen molar-refractivity contribution in [2.45, 2.75) is 6.10 Å². The summed E-state index contributed by atoms with van der Waals surface area (Å²) in [5.74, 6) is 0. The summed E-state index contributed by atoms with van der Waals surface area (Å²) >= 11 is 9.03. The van der Waals surface area contributed by atoms with E-state index in [0.717, 1.165) is 15.1 Å². The topological polar surface area (TPSA) is 20.2 Å². The Morgan fingerprint density at radius 1 is 1.18 bits per heavy atom. The molecule has 0 spiro atoms. The highest BCUT2D eigenvalue weighted by Gasteiger charge is 2.15. The van der Waals surface area contributed by atoms with Crippen LogP contribution in [0.15, 0.2) is 41.1 Å². The molecule has 0 saturated heterocycles. The van der Waals surface area contributed by atoms with Crippen molar-refractivity contribution < 1.29 is 5.11 Å². The van der Waals surface area contributed by atoms with Crippen LogP contribution < -0.4 is 0 Å². The average Bonchev–Trinajstić information content (AvgIpc) is 2.95. The smallest absolute Gasteiger partial charge is 0.115 e. The zero-order valence-electron chi connectivity index (χ0n) is 8.76. The zero-order valence-corrected chi connectivity index (χ0v) is 11.1. The molecule has 1 unspecified atom stereocenters. The minimum absolute atomic E-state index is 0.588. The third kappa shape index (κ3) is 2.00. The van der Waals surface area contributed by atoms with Crippen LogP contribution in [0.4, 0.5) is 0 Å². The molecular formula is C13H9ClOS2. The maximum absolute atomic E-state index is 10.4. The van der Waals surface area contributed by atoms with Gasteiger partial charge in [0, 0.05) is 20.5 Å². The predicted molar refractivity (Wildman–Crippen MR) is 75.2 cm³/mol. The van der Waals surface area contributed by atoms with Crippen LogP contribution in [0.25, 0.3) is 10.1 Å². The number of hydrogen-bond donors (Lipinski definition) is 1. The second kappa shape index (κ2) is 4.42. The summed E-state index contributed by atoms with van der Waals surface area (Å²) in [6.45, 7) is 0. The van der Waals surface area contributed by atoms with Crippen LogP contribution in [0.2, 0.25) is 5.02 Å². The van der Waals surface area contributed by atoms with Crippen LogP contribution in [0.1, 0.15) is 16.5 Å².